The molecule has 1 rings (SSSR count). The van der Waals surface area contributed by atoms with E-state index >= 15 is 0 Å². The summed E-state index contributed by atoms with van der Waals surface area (Å²) in [4.78, 5) is 28.7. The highest BCUT2D eigenvalue weighted by Crippen LogP contribution is 2.08. The van der Waals surface area contributed by atoms with E-state index < -0.39 is 17.5 Å². The van der Waals surface area contributed by atoms with Gasteiger partial charge in [-0.25, -0.2) is 4.79 Å². The number of hydrogen-bond donors (Lipinski definition) is 0. The Bertz CT molecular complexity index is 424. The van der Waals surface area contributed by atoms with Crippen molar-refractivity contribution in [3.05, 3.63) is 30.1 Å². The van der Waals surface area contributed by atoms with Crippen molar-refractivity contribution in [2.75, 3.05) is 7.05 Å². The van der Waals surface area contributed by atoms with E-state index in [-0.39, 0.29) is 6.54 Å². The molecule has 18 heavy (non-hydrogen) atoms. The average molecular weight is 250 g/mol. The number of carbonyl (C=O) groups is 2. The van der Waals surface area contributed by atoms with Crippen LogP contribution >= 0.6 is 0 Å². The van der Waals surface area contributed by atoms with Crippen LogP contribution < -0.4 is 0 Å². The Morgan fingerprint density at radius 3 is 2.50 bits per heavy atom. The van der Waals surface area contributed by atoms with Gasteiger partial charge in [-0.3, -0.25) is 9.78 Å². The molecule has 0 bridgehead atoms. The molecule has 0 atom stereocenters. The van der Waals surface area contributed by atoms with E-state index in [0.717, 1.165) is 5.69 Å². The third kappa shape index (κ3) is 4.53. The van der Waals surface area contributed by atoms with E-state index in [0.29, 0.717) is 0 Å². The number of carbonyl (C=O) groups excluding carboxylic acids is 2. The number of likely N-dealkylation sites (N-methyl/N-ethyl adjacent to an activating group) is 1. The van der Waals surface area contributed by atoms with Gasteiger partial charge in [0.25, 0.3) is 0 Å². The Morgan fingerprint density at radius 2 is 2.00 bits per heavy atom. The highest BCUT2D eigenvalue weighted by atomic mass is 16.6. The van der Waals surface area contributed by atoms with Crippen LogP contribution in [0.25, 0.3) is 0 Å². The normalized spacial score (nSPS) is 10.9. The summed E-state index contributed by atoms with van der Waals surface area (Å²) < 4.78 is 5.01. The SMILES string of the molecule is CN(Cc1ccccn1)C(=O)C(=O)OC(C)(C)C. The smallest absolute Gasteiger partial charge is 0.397 e. The zero-order valence-electron chi connectivity index (χ0n) is 11.1. The predicted molar refractivity (Wildman–Crippen MR) is 66.6 cm³/mol. The number of aromatic nitrogens is 1. The molecule has 1 amide bonds. The van der Waals surface area contributed by atoms with Gasteiger partial charge in [0.2, 0.25) is 0 Å². The first kappa shape index (κ1) is 14.2. The van der Waals surface area contributed by atoms with Crippen LogP contribution in [0.1, 0.15) is 26.5 Å². The van der Waals surface area contributed by atoms with Crippen LogP contribution in [0.2, 0.25) is 0 Å². The lowest BCUT2D eigenvalue weighted by molar-refractivity contribution is -0.167. The summed E-state index contributed by atoms with van der Waals surface area (Å²) in [6, 6.07) is 5.41. The minimum absolute atomic E-state index is 0.277. The molecule has 1 aromatic rings. The van der Waals surface area contributed by atoms with Gasteiger partial charge in [-0.05, 0) is 32.9 Å². The first-order valence-corrected chi connectivity index (χ1v) is 5.68. The van der Waals surface area contributed by atoms with Crippen LogP contribution in [0.3, 0.4) is 0 Å². The molecule has 0 spiro atoms. The third-order valence-corrected chi connectivity index (χ3v) is 2.05. The molecular formula is C13H18N2O3. The molecular weight excluding hydrogens is 232 g/mol. The second-order valence-corrected chi connectivity index (χ2v) is 4.98. The van der Waals surface area contributed by atoms with Gasteiger partial charge in [-0.1, -0.05) is 6.07 Å². The van der Waals surface area contributed by atoms with Crippen LogP contribution in [0.15, 0.2) is 24.4 Å². The summed E-state index contributed by atoms with van der Waals surface area (Å²) in [6.07, 6.45) is 1.64. The van der Waals surface area contributed by atoms with Crippen LogP contribution in [-0.2, 0) is 20.9 Å². The van der Waals surface area contributed by atoms with Crippen molar-refractivity contribution in [2.45, 2.75) is 32.9 Å². The van der Waals surface area contributed by atoms with E-state index in [9.17, 15) is 9.59 Å². The molecule has 0 aliphatic carbocycles. The Kier molecular flexibility index (Phi) is 4.42. The summed E-state index contributed by atoms with van der Waals surface area (Å²) in [6.45, 7) is 5.43. The quantitative estimate of drug-likeness (QED) is 0.587. The van der Waals surface area contributed by atoms with Gasteiger partial charge in [-0.15, -0.1) is 0 Å². The molecule has 1 aromatic heterocycles. The summed E-state index contributed by atoms with van der Waals surface area (Å²) in [5.41, 5.74) is 0.0513. The zero-order valence-corrected chi connectivity index (χ0v) is 11.1. The number of hydrogen-bond acceptors (Lipinski definition) is 4. The molecule has 5 nitrogen and oxygen atoms in total. The van der Waals surface area contributed by atoms with Crippen molar-refractivity contribution in [1.82, 2.24) is 9.88 Å². The first-order chi connectivity index (χ1) is 8.29. The molecule has 0 saturated carbocycles. The summed E-state index contributed by atoms with van der Waals surface area (Å²) >= 11 is 0. The van der Waals surface area contributed by atoms with E-state index in [1.165, 1.54) is 4.90 Å². The van der Waals surface area contributed by atoms with Crippen molar-refractivity contribution in [2.24, 2.45) is 0 Å². The van der Waals surface area contributed by atoms with E-state index in [1.54, 1.807) is 46.1 Å². The van der Waals surface area contributed by atoms with Gasteiger partial charge in [0, 0.05) is 13.2 Å². The molecule has 98 valence electrons. The standard InChI is InChI=1S/C13H18N2O3/c1-13(2,3)18-12(17)11(16)15(4)9-10-7-5-6-8-14-10/h5-8H,9H2,1-4H3. The van der Waals surface area contributed by atoms with E-state index in [1.807, 2.05) is 6.07 Å². The van der Waals surface area contributed by atoms with E-state index in [2.05, 4.69) is 4.98 Å². The maximum Gasteiger partial charge on any atom is 0.397 e. The minimum Gasteiger partial charge on any atom is -0.453 e. The maximum absolute atomic E-state index is 11.7. The Balaban J connectivity index is 2.59. The lowest BCUT2D eigenvalue weighted by Crippen LogP contribution is -2.38. The summed E-state index contributed by atoms with van der Waals surface area (Å²) in [7, 11) is 1.54. The van der Waals surface area contributed by atoms with E-state index in [4.69, 9.17) is 4.74 Å². The molecule has 0 aliphatic rings. The molecule has 0 unspecified atom stereocenters. The monoisotopic (exact) mass is 250 g/mol. The molecule has 1 heterocycles. The van der Waals surface area contributed by atoms with Crippen molar-refractivity contribution < 1.29 is 14.3 Å². The number of rotatable bonds is 2. The van der Waals surface area contributed by atoms with Gasteiger partial charge >= 0.3 is 11.9 Å². The van der Waals surface area contributed by atoms with Crippen LogP contribution in [-0.4, -0.2) is 34.4 Å². The first-order valence-electron chi connectivity index (χ1n) is 5.68. The van der Waals surface area contributed by atoms with Gasteiger partial charge in [0.15, 0.2) is 0 Å². The fraction of sp³-hybridized carbons (Fsp3) is 0.462. The number of amides is 1. The van der Waals surface area contributed by atoms with Gasteiger partial charge < -0.3 is 9.64 Å². The molecule has 0 N–H and O–H groups in total. The van der Waals surface area contributed by atoms with Gasteiger partial charge in [0.1, 0.15) is 5.60 Å². The molecule has 0 aliphatic heterocycles. The second kappa shape index (κ2) is 5.62. The fourth-order valence-corrected chi connectivity index (χ4v) is 1.28. The molecule has 5 heteroatoms. The van der Waals surface area contributed by atoms with Gasteiger partial charge in [0.05, 0.1) is 12.2 Å². The number of nitrogens with zero attached hydrogens (tertiary/aromatic N) is 2. The average Bonchev–Trinajstić information content (AvgIpc) is 2.27. The lowest BCUT2D eigenvalue weighted by atomic mass is 10.2. The number of esters is 1. The minimum atomic E-state index is -0.846. The van der Waals surface area contributed by atoms with Crippen molar-refractivity contribution >= 4 is 11.9 Å². The molecule has 0 saturated heterocycles. The van der Waals surface area contributed by atoms with Crippen molar-refractivity contribution in [3.8, 4) is 0 Å². The molecule has 0 aromatic carbocycles. The lowest BCUT2D eigenvalue weighted by Gasteiger charge is -2.21. The Hall–Kier alpha value is -1.91. The summed E-state index contributed by atoms with van der Waals surface area (Å²) in [5, 5.41) is 0. The zero-order chi connectivity index (χ0) is 13.8. The predicted octanol–water partition coefficient (Wildman–Crippen LogP) is 1.38. The molecule has 0 fully saturated rings. The van der Waals surface area contributed by atoms with Gasteiger partial charge in [-0.2, -0.15) is 0 Å². The van der Waals surface area contributed by atoms with Crippen molar-refractivity contribution in [1.29, 1.82) is 0 Å². The third-order valence-electron chi connectivity index (χ3n) is 2.05. The van der Waals surface area contributed by atoms with Crippen molar-refractivity contribution in [3.63, 3.8) is 0 Å². The highest BCUT2D eigenvalue weighted by molar-refractivity contribution is 6.32. The van der Waals surface area contributed by atoms with Crippen LogP contribution in [0.4, 0.5) is 0 Å². The second-order valence-electron chi connectivity index (χ2n) is 4.98. The summed E-state index contributed by atoms with van der Waals surface area (Å²) in [5.74, 6) is -1.52. The Morgan fingerprint density at radius 1 is 1.33 bits per heavy atom. The van der Waals surface area contributed by atoms with Crippen LogP contribution in [0.5, 0.6) is 0 Å². The number of pyridine rings is 1. The number of ether oxygens (including phenoxy) is 1. The Labute approximate surface area is 107 Å². The fourth-order valence-electron chi connectivity index (χ4n) is 1.28. The maximum atomic E-state index is 11.7. The highest BCUT2D eigenvalue weighted by Gasteiger charge is 2.25. The molecule has 0 radical (unpaired) electrons. The largest absolute Gasteiger partial charge is 0.453 e. The van der Waals surface area contributed by atoms with Crippen LogP contribution in [0, 0.1) is 0 Å². The topological polar surface area (TPSA) is 59.5 Å².